The molecule has 2 atom stereocenters. The van der Waals surface area contributed by atoms with Crippen molar-refractivity contribution in [3.63, 3.8) is 0 Å². The minimum atomic E-state index is 0.204. The van der Waals surface area contributed by atoms with E-state index in [1.807, 2.05) is 36.7 Å². The Morgan fingerprint density at radius 1 is 1.14 bits per heavy atom. The molecule has 0 bridgehead atoms. The molecule has 11 heteroatoms. The van der Waals surface area contributed by atoms with E-state index in [0.717, 1.165) is 43.1 Å². The third kappa shape index (κ3) is 4.87. The predicted molar refractivity (Wildman–Crippen MR) is 142 cm³/mol. The van der Waals surface area contributed by atoms with Crippen LogP contribution in [-0.4, -0.2) is 48.7 Å². The van der Waals surface area contributed by atoms with E-state index < -0.39 is 0 Å². The Labute approximate surface area is 219 Å². The Kier molecular flexibility index (Phi) is 6.22. The number of rotatable bonds is 7. The molecule has 4 aromatic heterocycles. The van der Waals surface area contributed by atoms with Crippen LogP contribution in [0.1, 0.15) is 49.9 Å². The molecule has 2 unspecified atom stereocenters. The standard InChI is InChI=1S/C26H27ClN10/c1-2-16-15-36(23-6-5-19(12-28)34-35-23)9-8-21(16)32-25-20(27)13-30-26(33-25)31-18-7-10-37-22(17-3-4-17)14-29-24(37)11-18/h5-7,10-11,13-14,16-17,21H,2-4,8-9,15H2,1H3,(H2,30,31,32,33). The van der Waals surface area contributed by atoms with Crippen molar-refractivity contribution in [3.05, 3.63) is 59.3 Å². The summed E-state index contributed by atoms with van der Waals surface area (Å²) in [4.78, 5) is 15.9. The number of piperidine rings is 1. The van der Waals surface area contributed by atoms with Gasteiger partial charge in [-0.1, -0.05) is 18.5 Å². The van der Waals surface area contributed by atoms with Gasteiger partial charge in [-0.15, -0.1) is 10.2 Å². The smallest absolute Gasteiger partial charge is 0.229 e. The molecule has 1 saturated heterocycles. The lowest BCUT2D eigenvalue weighted by Crippen LogP contribution is -2.46. The Balaban J connectivity index is 1.15. The van der Waals surface area contributed by atoms with Gasteiger partial charge in [0.1, 0.15) is 16.7 Å². The average Bonchev–Trinajstić information content (AvgIpc) is 3.69. The quantitative estimate of drug-likeness (QED) is 0.359. The molecule has 2 aliphatic rings. The largest absolute Gasteiger partial charge is 0.366 e. The van der Waals surface area contributed by atoms with Crippen LogP contribution < -0.4 is 15.5 Å². The van der Waals surface area contributed by atoms with Crippen LogP contribution in [0.4, 0.5) is 23.3 Å². The van der Waals surface area contributed by atoms with Gasteiger partial charge in [0.2, 0.25) is 5.95 Å². The molecule has 6 rings (SSSR count). The molecule has 37 heavy (non-hydrogen) atoms. The Bertz CT molecular complexity index is 1460. The van der Waals surface area contributed by atoms with E-state index in [9.17, 15) is 0 Å². The van der Waals surface area contributed by atoms with E-state index in [1.165, 1.54) is 18.5 Å². The fraction of sp³-hybridized carbons (Fsp3) is 0.385. The first-order valence-corrected chi connectivity index (χ1v) is 13.0. The lowest BCUT2D eigenvalue weighted by molar-refractivity contribution is 0.365. The molecule has 5 heterocycles. The molecular formula is C26H27ClN10. The van der Waals surface area contributed by atoms with Gasteiger partial charge in [-0.25, -0.2) is 9.97 Å². The first-order chi connectivity index (χ1) is 18.1. The number of pyridine rings is 1. The fourth-order valence-electron chi connectivity index (χ4n) is 4.99. The highest BCUT2D eigenvalue weighted by Gasteiger charge is 2.30. The molecule has 0 spiro atoms. The van der Waals surface area contributed by atoms with E-state index in [0.29, 0.717) is 34.3 Å². The number of imidazole rings is 1. The van der Waals surface area contributed by atoms with E-state index in [1.54, 1.807) is 12.3 Å². The number of nitriles is 1. The van der Waals surface area contributed by atoms with Gasteiger partial charge in [-0.2, -0.15) is 10.2 Å². The van der Waals surface area contributed by atoms with Gasteiger partial charge in [-0.05, 0) is 49.8 Å². The molecular weight excluding hydrogens is 488 g/mol. The molecule has 0 amide bonds. The fourth-order valence-corrected chi connectivity index (χ4v) is 5.14. The van der Waals surface area contributed by atoms with Gasteiger partial charge >= 0.3 is 0 Å². The van der Waals surface area contributed by atoms with Crippen molar-refractivity contribution >= 4 is 40.5 Å². The molecule has 4 aromatic rings. The normalized spacial score (nSPS) is 19.5. The molecule has 0 radical (unpaired) electrons. The Hall–Kier alpha value is -3.97. The second kappa shape index (κ2) is 9.82. The monoisotopic (exact) mass is 514 g/mol. The molecule has 188 valence electrons. The summed E-state index contributed by atoms with van der Waals surface area (Å²) in [5, 5.41) is 24.5. The summed E-state index contributed by atoms with van der Waals surface area (Å²) in [7, 11) is 0. The number of aromatic nitrogens is 6. The van der Waals surface area contributed by atoms with E-state index in [-0.39, 0.29) is 6.04 Å². The highest BCUT2D eigenvalue weighted by Crippen LogP contribution is 2.40. The van der Waals surface area contributed by atoms with Crippen LogP contribution in [0.5, 0.6) is 0 Å². The summed E-state index contributed by atoms with van der Waals surface area (Å²) in [6.07, 6.45) is 10.0. The molecule has 1 aliphatic heterocycles. The maximum atomic E-state index is 8.98. The van der Waals surface area contributed by atoms with Gasteiger partial charge in [0, 0.05) is 54.9 Å². The lowest BCUT2D eigenvalue weighted by Gasteiger charge is -2.39. The number of nitrogens with zero attached hydrogens (tertiary/aromatic N) is 8. The number of nitrogens with one attached hydrogen (secondary N) is 2. The second-order valence-corrected chi connectivity index (χ2v) is 10.1. The van der Waals surface area contributed by atoms with E-state index in [4.69, 9.17) is 21.8 Å². The second-order valence-electron chi connectivity index (χ2n) is 9.66. The van der Waals surface area contributed by atoms with Gasteiger partial charge in [0.25, 0.3) is 0 Å². The summed E-state index contributed by atoms with van der Waals surface area (Å²) in [5.41, 5.74) is 3.38. The number of fused-ring (bicyclic) bond motifs is 1. The zero-order valence-corrected chi connectivity index (χ0v) is 21.2. The van der Waals surface area contributed by atoms with Gasteiger partial charge < -0.3 is 19.9 Å². The molecule has 2 N–H and O–H groups in total. The van der Waals surface area contributed by atoms with E-state index >= 15 is 0 Å². The number of hydrogen-bond acceptors (Lipinski definition) is 9. The minimum absolute atomic E-state index is 0.204. The predicted octanol–water partition coefficient (Wildman–Crippen LogP) is 4.78. The maximum Gasteiger partial charge on any atom is 0.229 e. The average molecular weight is 515 g/mol. The molecule has 10 nitrogen and oxygen atoms in total. The van der Waals surface area contributed by atoms with Crippen LogP contribution in [-0.2, 0) is 0 Å². The van der Waals surface area contributed by atoms with Crippen molar-refractivity contribution in [1.29, 1.82) is 5.26 Å². The SMILES string of the molecule is CCC1CN(c2ccc(C#N)nn2)CCC1Nc1nc(Nc2ccn3c(C4CC4)cnc3c2)ncc1Cl. The third-order valence-corrected chi connectivity index (χ3v) is 7.48. The van der Waals surface area contributed by atoms with Crippen LogP contribution in [0.2, 0.25) is 5.02 Å². The van der Waals surface area contributed by atoms with E-state index in [2.05, 4.69) is 47.0 Å². The zero-order chi connectivity index (χ0) is 25.4. The highest BCUT2D eigenvalue weighted by atomic mass is 35.5. The van der Waals surface area contributed by atoms with Crippen LogP contribution >= 0.6 is 11.6 Å². The molecule has 2 fully saturated rings. The van der Waals surface area contributed by atoms with Crippen molar-refractivity contribution in [1.82, 2.24) is 29.5 Å². The van der Waals surface area contributed by atoms with Gasteiger partial charge in [0.15, 0.2) is 17.3 Å². The first kappa shape index (κ1) is 23.4. The summed E-state index contributed by atoms with van der Waals surface area (Å²) < 4.78 is 2.15. The van der Waals surface area contributed by atoms with Gasteiger partial charge in [-0.3, -0.25) is 0 Å². The van der Waals surface area contributed by atoms with Crippen molar-refractivity contribution in [2.45, 2.75) is 44.6 Å². The van der Waals surface area contributed by atoms with Crippen molar-refractivity contribution < 1.29 is 0 Å². The van der Waals surface area contributed by atoms with Crippen LogP contribution in [0.25, 0.3) is 5.65 Å². The number of hydrogen-bond donors (Lipinski definition) is 2. The summed E-state index contributed by atoms with van der Waals surface area (Å²) in [6.45, 7) is 3.83. The Morgan fingerprint density at radius 3 is 2.78 bits per heavy atom. The third-order valence-electron chi connectivity index (χ3n) is 7.21. The van der Waals surface area contributed by atoms with Crippen molar-refractivity contribution in [2.75, 3.05) is 28.6 Å². The van der Waals surface area contributed by atoms with Crippen LogP contribution in [0.3, 0.4) is 0 Å². The van der Waals surface area contributed by atoms with Gasteiger partial charge in [0.05, 0.1) is 6.20 Å². The summed E-state index contributed by atoms with van der Waals surface area (Å²) in [6, 6.07) is 9.81. The first-order valence-electron chi connectivity index (χ1n) is 12.6. The van der Waals surface area contributed by atoms with Crippen LogP contribution in [0, 0.1) is 17.2 Å². The highest BCUT2D eigenvalue weighted by molar-refractivity contribution is 6.32. The Morgan fingerprint density at radius 2 is 2.03 bits per heavy atom. The zero-order valence-electron chi connectivity index (χ0n) is 20.5. The minimum Gasteiger partial charge on any atom is -0.366 e. The molecule has 0 aromatic carbocycles. The van der Waals surface area contributed by atoms with Crippen molar-refractivity contribution in [3.8, 4) is 6.07 Å². The molecule has 1 aliphatic carbocycles. The number of anilines is 4. The van der Waals surface area contributed by atoms with Crippen LogP contribution in [0.15, 0.2) is 42.9 Å². The lowest BCUT2D eigenvalue weighted by atomic mass is 9.90. The topological polar surface area (TPSA) is 120 Å². The summed E-state index contributed by atoms with van der Waals surface area (Å²) in [5.74, 6) is 2.88. The maximum absolute atomic E-state index is 8.98. The number of halogens is 1. The molecule has 1 saturated carbocycles. The van der Waals surface area contributed by atoms with Crippen molar-refractivity contribution in [2.24, 2.45) is 5.92 Å². The summed E-state index contributed by atoms with van der Waals surface area (Å²) >= 11 is 6.50.